The summed E-state index contributed by atoms with van der Waals surface area (Å²) in [6, 6.07) is 9.54. The van der Waals surface area contributed by atoms with Gasteiger partial charge < -0.3 is 5.32 Å². The SMILES string of the molecule is O=C(Nc1ccnn1Cc1ccc(Br)cc1)C1CCS(=O)(=O)C1. The van der Waals surface area contributed by atoms with Crippen molar-refractivity contribution < 1.29 is 13.2 Å². The summed E-state index contributed by atoms with van der Waals surface area (Å²) >= 11 is 3.39. The lowest BCUT2D eigenvalue weighted by molar-refractivity contribution is -0.119. The lowest BCUT2D eigenvalue weighted by Crippen LogP contribution is -2.25. The molecule has 1 aromatic carbocycles. The monoisotopic (exact) mass is 397 g/mol. The fourth-order valence-corrected chi connectivity index (χ4v) is 4.56. The van der Waals surface area contributed by atoms with Crippen LogP contribution in [0.15, 0.2) is 41.0 Å². The third-order valence-corrected chi connectivity index (χ3v) is 6.11. The van der Waals surface area contributed by atoms with Gasteiger partial charge in [-0.2, -0.15) is 5.10 Å². The molecule has 8 heteroatoms. The third kappa shape index (κ3) is 4.00. The maximum absolute atomic E-state index is 12.2. The Morgan fingerprint density at radius 1 is 1.30 bits per heavy atom. The molecule has 0 aliphatic carbocycles. The first-order valence-corrected chi connectivity index (χ1v) is 9.82. The standard InChI is InChI=1S/C15H16BrN3O3S/c16-13-3-1-11(2-4-13)9-19-14(5-7-17-19)18-15(20)12-6-8-23(21,22)10-12/h1-5,7,12H,6,8-10H2,(H,18,20). The van der Waals surface area contributed by atoms with Crippen molar-refractivity contribution in [2.75, 3.05) is 16.8 Å². The number of hydrogen-bond acceptors (Lipinski definition) is 4. The highest BCUT2D eigenvalue weighted by Gasteiger charge is 2.33. The highest BCUT2D eigenvalue weighted by Crippen LogP contribution is 2.21. The van der Waals surface area contributed by atoms with Crippen molar-refractivity contribution >= 4 is 37.5 Å². The van der Waals surface area contributed by atoms with E-state index in [4.69, 9.17) is 0 Å². The second-order valence-corrected chi connectivity index (χ2v) is 8.73. The van der Waals surface area contributed by atoms with Crippen molar-refractivity contribution in [2.45, 2.75) is 13.0 Å². The molecule has 0 bridgehead atoms. The summed E-state index contributed by atoms with van der Waals surface area (Å²) < 4.78 is 25.6. The zero-order valence-electron chi connectivity index (χ0n) is 12.3. The Bertz CT molecular complexity index is 815. The maximum Gasteiger partial charge on any atom is 0.229 e. The van der Waals surface area contributed by atoms with Gasteiger partial charge in [0.05, 0.1) is 30.2 Å². The molecule has 0 radical (unpaired) electrons. The van der Waals surface area contributed by atoms with Crippen LogP contribution in [0.1, 0.15) is 12.0 Å². The lowest BCUT2D eigenvalue weighted by atomic mass is 10.1. The lowest BCUT2D eigenvalue weighted by Gasteiger charge is -2.12. The van der Waals surface area contributed by atoms with E-state index < -0.39 is 15.8 Å². The van der Waals surface area contributed by atoms with Crippen LogP contribution in [-0.2, 0) is 21.2 Å². The zero-order chi connectivity index (χ0) is 16.4. The molecule has 1 saturated heterocycles. The summed E-state index contributed by atoms with van der Waals surface area (Å²) in [7, 11) is -3.07. The van der Waals surface area contributed by atoms with E-state index in [2.05, 4.69) is 26.3 Å². The number of anilines is 1. The molecule has 1 amide bonds. The predicted molar refractivity (Wildman–Crippen MR) is 90.9 cm³/mol. The predicted octanol–water partition coefficient (Wildman–Crippen LogP) is 2.07. The number of benzene rings is 1. The summed E-state index contributed by atoms with van der Waals surface area (Å²) in [5.41, 5.74) is 1.05. The average Bonchev–Trinajstić information content (AvgIpc) is 3.08. The average molecular weight is 398 g/mol. The van der Waals surface area contributed by atoms with Crippen LogP contribution in [0.25, 0.3) is 0 Å². The van der Waals surface area contributed by atoms with Crippen LogP contribution >= 0.6 is 15.9 Å². The number of hydrogen-bond donors (Lipinski definition) is 1. The van der Waals surface area contributed by atoms with Gasteiger partial charge in [-0.25, -0.2) is 13.1 Å². The molecule has 1 aliphatic heterocycles. The van der Waals surface area contributed by atoms with Crippen molar-refractivity contribution in [3.05, 3.63) is 46.6 Å². The Hall–Kier alpha value is -1.67. The Morgan fingerprint density at radius 2 is 2.04 bits per heavy atom. The topological polar surface area (TPSA) is 81.1 Å². The van der Waals surface area contributed by atoms with Crippen LogP contribution in [0.2, 0.25) is 0 Å². The largest absolute Gasteiger partial charge is 0.311 e. The van der Waals surface area contributed by atoms with Crippen LogP contribution in [0.5, 0.6) is 0 Å². The minimum atomic E-state index is -3.07. The minimum absolute atomic E-state index is 0.0698. The number of sulfone groups is 1. The summed E-state index contributed by atoms with van der Waals surface area (Å²) in [5, 5.41) is 7.00. The summed E-state index contributed by atoms with van der Waals surface area (Å²) in [4.78, 5) is 12.2. The van der Waals surface area contributed by atoms with Gasteiger partial charge in [0.25, 0.3) is 0 Å². The number of rotatable bonds is 4. The van der Waals surface area contributed by atoms with Crippen LogP contribution in [-0.4, -0.2) is 35.6 Å². The molecule has 0 spiro atoms. The normalized spacial score (nSPS) is 19.6. The molecule has 23 heavy (non-hydrogen) atoms. The molecule has 2 aromatic rings. The van der Waals surface area contributed by atoms with E-state index in [1.807, 2.05) is 24.3 Å². The molecular weight excluding hydrogens is 382 g/mol. The molecule has 3 rings (SSSR count). The first kappa shape index (κ1) is 16.2. The van der Waals surface area contributed by atoms with Gasteiger partial charge in [-0.05, 0) is 24.1 Å². The van der Waals surface area contributed by atoms with Crippen LogP contribution in [0, 0.1) is 5.92 Å². The fourth-order valence-electron chi connectivity index (χ4n) is 2.56. The van der Waals surface area contributed by atoms with Crippen LogP contribution < -0.4 is 5.32 Å². The van der Waals surface area contributed by atoms with Gasteiger partial charge in [0, 0.05) is 10.5 Å². The second-order valence-electron chi connectivity index (χ2n) is 5.59. The summed E-state index contributed by atoms with van der Waals surface area (Å²) in [6.07, 6.45) is 1.99. The van der Waals surface area contributed by atoms with Gasteiger partial charge in [-0.15, -0.1) is 0 Å². The van der Waals surface area contributed by atoms with Crippen LogP contribution in [0.3, 0.4) is 0 Å². The Labute approximate surface area is 142 Å². The first-order chi connectivity index (χ1) is 10.9. The van der Waals surface area contributed by atoms with Crippen molar-refractivity contribution in [3.8, 4) is 0 Å². The van der Waals surface area contributed by atoms with E-state index in [0.717, 1.165) is 10.0 Å². The van der Waals surface area contributed by atoms with E-state index in [0.29, 0.717) is 18.8 Å². The Balaban J connectivity index is 1.69. The first-order valence-electron chi connectivity index (χ1n) is 7.20. The molecule has 1 unspecified atom stereocenters. The van der Waals surface area contributed by atoms with Gasteiger partial charge in [-0.1, -0.05) is 28.1 Å². The number of aromatic nitrogens is 2. The fraction of sp³-hybridized carbons (Fsp3) is 0.333. The Morgan fingerprint density at radius 3 is 2.70 bits per heavy atom. The van der Waals surface area contributed by atoms with Crippen molar-refractivity contribution in [1.29, 1.82) is 0 Å². The molecule has 2 heterocycles. The quantitative estimate of drug-likeness (QED) is 0.855. The van der Waals surface area contributed by atoms with Crippen molar-refractivity contribution in [2.24, 2.45) is 5.92 Å². The van der Waals surface area contributed by atoms with E-state index in [1.165, 1.54) is 0 Å². The molecule has 1 atom stereocenters. The minimum Gasteiger partial charge on any atom is -0.311 e. The molecular formula is C15H16BrN3O3S. The van der Waals surface area contributed by atoms with Crippen molar-refractivity contribution in [3.63, 3.8) is 0 Å². The molecule has 1 aliphatic rings. The summed E-state index contributed by atoms with van der Waals surface area (Å²) in [5.74, 6) is -0.148. The number of carbonyl (C=O) groups excluding carboxylic acids is 1. The van der Waals surface area contributed by atoms with E-state index in [9.17, 15) is 13.2 Å². The number of amides is 1. The molecule has 1 fully saturated rings. The Kier molecular flexibility index (Phi) is 4.54. The van der Waals surface area contributed by atoms with Gasteiger partial charge in [0.2, 0.25) is 5.91 Å². The second kappa shape index (κ2) is 6.45. The van der Waals surface area contributed by atoms with Crippen molar-refractivity contribution in [1.82, 2.24) is 9.78 Å². The van der Waals surface area contributed by atoms with E-state index in [1.54, 1.807) is 16.9 Å². The van der Waals surface area contributed by atoms with Gasteiger partial charge in [0.15, 0.2) is 9.84 Å². The number of carbonyl (C=O) groups is 1. The smallest absolute Gasteiger partial charge is 0.229 e. The van der Waals surface area contributed by atoms with E-state index >= 15 is 0 Å². The zero-order valence-corrected chi connectivity index (χ0v) is 14.7. The number of nitrogens with one attached hydrogen (secondary N) is 1. The highest BCUT2D eigenvalue weighted by molar-refractivity contribution is 9.10. The number of halogens is 1. The maximum atomic E-state index is 12.2. The van der Waals surface area contributed by atoms with Crippen LogP contribution in [0.4, 0.5) is 5.82 Å². The molecule has 1 N–H and O–H groups in total. The molecule has 6 nitrogen and oxygen atoms in total. The molecule has 0 saturated carbocycles. The van der Waals surface area contributed by atoms with Gasteiger partial charge in [0.1, 0.15) is 5.82 Å². The number of nitrogens with zero attached hydrogens (tertiary/aromatic N) is 2. The van der Waals surface area contributed by atoms with Gasteiger partial charge in [-0.3, -0.25) is 4.79 Å². The van der Waals surface area contributed by atoms with E-state index in [-0.39, 0.29) is 17.4 Å². The highest BCUT2D eigenvalue weighted by atomic mass is 79.9. The molecule has 122 valence electrons. The third-order valence-electron chi connectivity index (χ3n) is 3.82. The molecule has 1 aromatic heterocycles. The van der Waals surface area contributed by atoms with Gasteiger partial charge >= 0.3 is 0 Å². The summed E-state index contributed by atoms with van der Waals surface area (Å²) in [6.45, 7) is 0.527.